The van der Waals surface area contributed by atoms with Crippen LogP contribution in [0.3, 0.4) is 0 Å². The number of anilines is 1. The third-order valence-electron chi connectivity index (χ3n) is 3.50. The molecule has 7 heteroatoms. The molecule has 0 bridgehead atoms. The standard InChI is InChI=1S/C17H18ClF3N2O/c1-12(11-23(2)14-4-3-7-22-10-14)8-13-5-6-15(9-16(13)18)24-17(19,20)21/h3-7,9-10,12H,8,11H2,1-2H3. The molecule has 1 heterocycles. The SMILES string of the molecule is CC(Cc1ccc(OC(F)(F)F)cc1Cl)CN(C)c1cccnc1. The second-order valence-corrected chi connectivity index (χ2v) is 6.11. The molecule has 130 valence electrons. The number of halogens is 4. The third-order valence-corrected chi connectivity index (χ3v) is 3.85. The summed E-state index contributed by atoms with van der Waals surface area (Å²) in [4.78, 5) is 6.16. The molecule has 0 spiro atoms. The molecule has 0 radical (unpaired) electrons. The summed E-state index contributed by atoms with van der Waals surface area (Å²) >= 11 is 6.08. The molecule has 0 aliphatic carbocycles. The molecule has 0 amide bonds. The van der Waals surface area contributed by atoms with Gasteiger partial charge in [0.05, 0.1) is 11.9 Å². The van der Waals surface area contributed by atoms with Crippen LogP contribution < -0.4 is 9.64 Å². The molecule has 0 fully saturated rings. The van der Waals surface area contributed by atoms with Gasteiger partial charge in [0, 0.05) is 24.8 Å². The highest BCUT2D eigenvalue weighted by Crippen LogP contribution is 2.29. The molecule has 3 nitrogen and oxygen atoms in total. The Bertz CT molecular complexity index is 665. The van der Waals surface area contributed by atoms with Crippen LogP contribution in [0, 0.1) is 5.92 Å². The van der Waals surface area contributed by atoms with Crippen LogP contribution in [0.15, 0.2) is 42.7 Å². The van der Waals surface area contributed by atoms with Gasteiger partial charge in [-0.2, -0.15) is 0 Å². The predicted octanol–water partition coefficient (Wildman–Crippen LogP) is 4.95. The van der Waals surface area contributed by atoms with E-state index in [9.17, 15) is 13.2 Å². The van der Waals surface area contributed by atoms with E-state index in [0.717, 1.165) is 17.8 Å². The van der Waals surface area contributed by atoms with Crippen molar-refractivity contribution in [3.05, 3.63) is 53.3 Å². The largest absolute Gasteiger partial charge is 0.573 e. The van der Waals surface area contributed by atoms with Gasteiger partial charge in [-0.25, -0.2) is 0 Å². The van der Waals surface area contributed by atoms with Crippen molar-refractivity contribution in [2.24, 2.45) is 5.92 Å². The number of hydrogen-bond acceptors (Lipinski definition) is 3. The van der Waals surface area contributed by atoms with E-state index in [-0.39, 0.29) is 16.7 Å². The van der Waals surface area contributed by atoms with Gasteiger partial charge in [-0.15, -0.1) is 13.2 Å². The lowest BCUT2D eigenvalue weighted by atomic mass is 10.0. The van der Waals surface area contributed by atoms with E-state index >= 15 is 0 Å². The summed E-state index contributed by atoms with van der Waals surface area (Å²) in [7, 11) is 1.97. The van der Waals surface area contributed by atoms with E-state index < -0.39 is 6.36 Å². The summed E-state index contributed by atoms with van der Waals surface area (Å²) in [6, 6.07) is 7.89. The molecule has 2 aromatic rings. The number of alkyl halides is 3. The van der Waals surface area contributed by atoms with Gasteiger partial charge in [0.1, 0.15) is 5.75 Å². The van der Waals surface area contributed by atoms with Crippen LogP contribution in [0.1, 0.15) is 12.5 Å². The van der Waals surface area contributed by atoms with Gasteiger partial charge in [-0.3, -0.25) is 4.98 Å². The maximum atomic E-state index is 12.2. The van der Waals surface area contributed by atoms with E-state index in [4.69, 9.17) is 11.6 Å². The molecule has 1 unspecified atom stereocenters. The first kappa shape index (κ1) is 18.4. The topological polar surface area (TPSA) is 25.4 Å². The summed E-state index contributed by atoms with van der Waals surface area (Å²) < 4.78 is 40.5. The van der Waals surface area contributed by atoms with Gasteiger partial charge < -0.3 is 9.64 Å². The lowest BCUT2D eigenvalue weighted by molar-refractivity contribution is -0.274. The number of aromatic nitrogens is 1. The summed E-state index contributed by atoms with van der Waals surface area (Å²) in [6.45, 7) is 2.83. The molecule has 2 rings (SSSR count). The molecule has 0 aliphatic rings. The van der Waals surface area contributed by atoms with Gasteiger partial charge >= 0.3 is 6.36 Å². The summed E-state index contributed by atoms with van der Waals surface area (Å²) in [5, 5.41) is 0.271. The zero-order valence-corrected chi connectivity index (χ0v) is 14.1. The molecule has 0 saturated carbocycles. The van der Waals surface area contributed by atoms with E-state index in [1.54, 1.807) is 18.5 Å². The third kappa shape index (κ3) is 5.60. The van der Waals surface area contributed by atoms with Crippen LogP contribution in [-0.4, -0.2) is 24.9 Å². The van der Waals surface area contributed by atoms with E-state index in [1.807, 2.05) is 19.2 Å². The Morgan fingerprint density at radius 3 is 2.62 bits per heavy atom. The van der Waals surface area contributed by atoms with Crippen LogP contribution in [0.25, 0.3) is 0 Å². The minimum atomic E-state index is -4.72. The molecular weight excluding hydrogens is 341 g/mol. The minimum Gasteiger partial charge on any atom is -0.406 e. The molecule has 24 heavy (non-hydrogen) atoms. The molecular formula is C17H18ClF3N2O. The van der Waals surface area contributed by atoms with Gasteiger partial charge in [0.2, 0.25) is 0 Å². The highest BCUT2D eigenvalue weighted by molar-refractivity contribution is 6.31. The molecule has 1 aromatic carbocycles. The van der Waals surface area contributed by atoms with Crippen molar-refractivity contribution < 1.29 is 17.9 Å². The summed E-state index contributed by atoms with van der Waals surface area (Å²) in [6.07, 6.45) is -0.575. The lowest BCUT2D eigenvalue weighted by Crippen LogP contribution is -2.25. The van der Waals surface area contributed by atoms with Crippen LogP contribution in [0.4, 0.5) is 18.9 Å². The van der Waals surface area contributed by atoms with Crippen molar-refractivity contribution in [1.82, 2.24) is 4.98 Å². The lowest BCUT2D eigenvalue weighted by Gasteiger charge is -2.23. The maximum Gasteiger partial charge on any atom is 0.573 e. The highest BCUT2D eigenvalue weighted by atomic mass is 35.5. The minimum absolute atomic E-state index is 0.252. The van der Waals surface area contributed by atoms with Crippen LogP contribution in [-0.2, 0) is 6.42 Å². The zero-order valence-electron chi connectivity index (χ0n) is 13.3. The molecule has 1 aromatic heterocycles. The average Bonchev–Trinajstić information content (AvgIpc) is 2.49. The Labute approximate surface area is 144 Å². The van der Waals surface area contributed by atoms with Gasteiger partial charge in [0.15, 0.2) is 0 Å². The molecule has 0 saturated heterocycles. The van der Waals surface area contributed by atoms with Gasteiger partial charge in [-0.05, 0) is 42.2 Å². The molecule has 0 aliphatic heterocycles. The molecule has 1 atom stereocenters. The fraction of sp³-hybridized carbons (Fsp3) is 0.353. The average molecular weight is 359 g/mol. The van der Waals surface area contributed by atoms with Crippen LogP contribution >= 0.6 is 11.6 Å². The first-order valence-corrected chi connectivity index (χ1v) is 7.78. The number of nitrogens with zero attached hydrogens (tertiary/aromatic N) is 2. The molecule has 0 N–H and O–H groups in total. The van der Waals surface area contributed by atoms with Crippen molar-refractivity contribution in [2.45, 2.75) is 19.7 Å². The number of ether oxygens (including phenoxy) is 1. The van der Waals surface area contributed by atoms with Crippen LogP contribution in [0.2, 0.25) is 5.02 Å². The number of benzene rings is 1. The fourth-order valence-corrected chi connectivity index (χ4v) is 2.73. The second kappa shape index (κ2) is 7.75. The normalized spacial score (nSPS) is 12.8. The predicted molar refractivity (Wildman–Crippen MR) is 88.5 cm³/mol. The smallest absolute Gasteiger partial charge is 0.406 e. The Kier molecular flexibility index (Phi) is 5.94. The Morgan fingerprint density at radius 1 is 1.29 bits per heavy atom. The zero-order chi connectivity index (χ0) is 17.7. The number of hydrogen-bond donors (Lipinski definition) is 0. The quantitative estimate of drug-likeness (QED) is 0.730. The van der Waals surface area contributed by atoms with E-state index in [0.29, 0.717) is 6.42 Å². The monoisotopic (exact) mass is 358 g/mol. The summed E-state index contributed by atoms with van der Waals surface area (Å²) in [5.41, 5.74) is 1.79. The van der Waals surface area contributed by atoms with E-state index in [2.05, 4.69) is 21.5 Å². The Hall–Kier alpha value is -1.95. The van der Waals surface area contributed by atoms with Crippen LogP contribution in [0.5, 0.6) is 5.75 Å². The van der Waals surface area contributed by atoms with Gasteiger partial charge in [-0.1, -0.05) is 24.6 Å². The van der Waals surface area contributed by atoms with Crippen molar-refractivity contribution >= 4 is 17.3 Å². The van der Waals surface area contributed by atoms with Crippen molar-refractivity contribution in [2.75, 3.05) is 18.5 Å². The summed E-state index contributed by atoms with van der Waals surface area (Å²) in [5.74, 6) is -0.0570. The number of pyridine rings is 1. The number of rotatable bonds is 6. The highest BCUT2D eigenvalue weighted by Gasteiger charge is 2.31. The van der Waals surface area contributed by atoms with Crippen molar-refractivity contribution in [3.63, 3.8) is 0 Å². The van der Waals surface area contributed by atoms with Gasteiger partial charge in [0.25, 0.3) is 0 Å². The van der Waals surface area contributed by atoms with E-state index in [1.165, 1.54) is 12.1 Å². The van der Waals surface area contributed by atoms with Crippen molar-refractivity contribution in [3.8, 4) is 5.75 Å². The fourth-order valence-electron chi connectivity index (χ4n) is 2.48. The first-order valence-electron chi connectivity index (χ1n) is 7.40. The second-order valence-electron chi connectivity index (χ2n) is 5.70. The van der Waals surface area contributed by atoms with Crippen molar-refractivity contribution in [1.29, 1.82) is 0 Å². The first-order chi connectivity index (χ1) is 11.2. The Balaban J connectivity index is 1.97. The Morgan fingerprint density at radius 2 is 2.04 bits per heavy atom. The maximum absolute atomic E-state index is 12.2.